The highest BCUT2D eigenvalue weighted by atomic mass is 32.2. The molecule has 2 aliphatic heterocycles. The summed E-state index contributed by atoms with van der Waals surface area (Å²) >= 11 is 4.17. The third-order valence-corrected chi connectivity index (χ3v) is 11.7. The molecule has 2 aliphatic rings. The molecule has 0 saturated carbocycles. The van der Waals surface area contributed by atoms with Crippen LogP contribution < -0.4 is 0 Å². The molecule has 2 saturated heterocycles. The molecule has 0 aromatic rings. The Balaban J connectivity index is 1.41. The van der Waals surface area contributed by atoms with Crippen LogP contribution in [0.5, 0.6) is 0 Å². The number of rotatable bonds is 28. The number of hydrogen-bond donors (Lipinski definition) is 0. The Morgan fingerprint density at radius 2 is 0.744 bits per heavy atom. The molecule has 2 unspecified atom stereocenters. The van der Waals surface area contributed by atoms with Crippen molar-refractivity contribution < 1.29 is 18.9 Å². The molecule has 0 radical (unpaired) electrons. The molecule has 2 rings (SSSR count). The Bertz CT molecular complexity index is 550. The van der Waals surface area contributed by atoms with Crippen molar-refractivity contribution in [2.45, 2.75) is 192 Å². The highest BCUT2D eigenvalue weighted by molar-refractivity contribution is 8.00. The Labute approximate surface area is 277 Å². The second-order valence-corrected chi connectivity index (χ2v) is 16.9. The number of ether oxygens (including phenoxy) is 4. The highest BCUT2D eigenvalue weighted by Gasteiger charge is 2.42. The van der Waals surface area contributed by atoms with Crippen molar-refractivity contribution in [1.29, 1.82) is 0 Å². The first-order valence-electron chi connectivity index (χ1n) is 18.8. The molecule has 0 bridgehead atoms. The van der Waals surface area contributed by atoms with E-state index in [1.165, 1.54) is 140 Å². The molecule has 6 heteroatoms. The predicted molar refractivity (Wildman–Crippen MR) is 191 cm³/mol. The molecule has 2 fully saturated rings. The Kier molecular flexibility index (Phi) is 24.6. The van der Waals surface area contributed by atoms with Gasteiger partial charge in [-0.1, -0.05) is 143 Å². The minimum Gasteiger partial charge on any atom is -0.352 e. The van der Waals surface area contributed by atoms with Gasteiger partial charge in [-0.05, 0) is 24.3 Å². The van der Waals surface area contributed by atoms with Gasteiger partial charge in [0.1, 0.15) is 0 Å². The maximum absolute atomic E-state index is 6.19. The van der Waals surface area contributed by atoms with E-state index in [0.29, 0.717) is 36.9 Å². The summed E-state index contributed by atoms with van der Waals surface area (Å²) in [4.78, 5) is 0. The van der Waals surface area contributed by atoms with E-state index in [-0.39, 0.29) is 18.0 Å². The SMILES string of the molecule is CCCCCCCCCCCCSC(C)CC1OCC2(CO1)COC(CC(C)SCCCCCCCCCCCC)OC2. The molecule has 2 heterocycles. The first-order valence-corrected chi connectivity index (χ1v) is 20.9. The van der Waals surface area contributed by atoms with E-state index in [2.05, 4.69) is 51.2 Å². The van der Waals surface area contributed by atoms with Gasteiger partial charge in [-0.2, -0.15) is 23.5 Å². The van der Waals surface area contributed by atoms with Gasteiger partial charge in [-0.25, -0.2) is 0 Å². The van der Waals surface area contributed by atoms with Crippen LogP contribution in [-0.4, -0.2) is 61.0 Å². The second-order valence-electron chi connectivity index (χ2n) is 13.8. The van der Waals surface area contributed by atoms with E-state index in [0.717, 1.165) is 12.8 Å². The Morgan fingerprint density at radius 3 is 1.05 bits per heavy atom. The largest absolute Gasteiger partial charge is 0.352 e. The summed E-state index contributed by atoms with van der Waals surface area (Å²) in [6.45, 7) is 12.0. The zero-order chi connectivity index (χ0) is 30.9. The van der Waals surface area contributed by atoms with Crippen LogP contribution in [0.15, 0.2) is 0 Å². The summed E-state index contributed by atoms with van der Waals surface area (Å²) in [6.07, 6.45) is 29.8. The lowest BCUT2D eigenvalue weighted by Gasteiger charge is -2.44. The Hall–Kier alpha value is 0.540. The average molecular weight is 645 g/mol. The van der Waals surface area contributed by atoms with Crippen molar-refractivity contribution in [1.82, 2.24) is 0 Å². The summed E-state index contributed by atoms with van der Waals surface area (Å²) in [5.74, 6) is 2.51. The summed E-state index contributed by atoms with van der Waals surface area (Å²) in [5, 5.41) is 1.14. The molecule has 0 amide bonds. The van der Waals surface area contributed by atoms with Crippen LogP contribution in [0.3, 0.4) is 0 Å². The van der Waals surface area contributed by atoms with Crippen LogP contribution in [0.25, 0.3) is 0 Å². The smallest absolute Gasteiger partial charge is 0.158 e. The van der Waals surface area contributed by atoms with Gasteiger partial charge in [0.15, 0.2) is 12.6 Å². The minimum absolute atomic E-state index is 0.0826. The monoisotopic (exact) mass is 644 g/mol. The molecule has 43 heavy (non-hydrogen) atoms. The molecular weight excluding hydrogens is 573 g/mol. The molecular formula is C37H72O4S2. The van der Waals surface area contributed by atoms with Crippen LogP contribution in [0.2, 0.25) is 0 Å². The van der Waals surface area contributed by atoms with E-state index < -0.39 is 0 Å². The first kappa shape index (κ1) is 39.7. The van der Waals surface area contributed by atoms with Crippen molar-refractivity contribution in [2.24, 2.45) is 5.41 Å². The van der Waals surface area contributed by atoms with E-state index in [4.69, 9.17) is 18.9 Å². The minimum atomic E-state index is -0.133. The van der Waals surface area contributed by atoms with Crippen molar-refractivity contribution in [2.75, 3.05) is 37.9 Å². The summed E-state index contributed by atoms with van der Waals surface area (Å²) in [5.41, 5.74) is -0.133. The predicted octanol–water partition coefficient (Wildman–Crippen LogP) is 11.6. The fraction of sp³-hybridized carbons (Fsp3) is 1.00. The fourth-order valence-corrected chi connectivity index (χ4v) is 8.26. The first-order chi connectivity index (χ1) is 21.1. The number of hydrogen-bond acceptors (Lipinski definition) is 6. The van der Waals surface area contributed by atoms with Gasteiger partial charge in [0, 0.05) is 23.3 Å². The topological polar surface area (TPSA) is 36.9 Å². The zero-order valence-corrected chi connectivity index (χ0v) is 30.7. The van der Waals surface area contributed by atoms with Gasteiger partial charge < -0.3 is 18.9 Å². The standard InChI is InChI=1S/C37H72O4S2/c1-5-7-9-11-13-15-17-19-21-23-25-42-33(3)27-35-38-29-37(30-39-35)31-40-36(41-32-37)28-34(4)43-26-24-22-20-18-16-14-12-10-8-6-2/h33-36H,5-32H2,1-4H3. The second kappa shape index (κ2) is 26.6. The maximum atomic E-state index is 6.19. The lowest BCUT2D eigenvalue weighted by molar-refractivity contribution is -0.303. The van der Waals surface area contributed by atoms with Gasteiger partial charge in [-0.15, -0.1) is 0 Å². The third-order valence-electron chi connectivity index (χ3n) is 9.15. The fourth-order valence-electron chi connectivity index (χ4n) is 6.12. The average Bonchev–Trinajstić information content (AvgIpc) is 3.01. The van der Waals surface area contributed by atoms with E-state index in [1.54, 1.807) is 0 Å². The molecule has 0 aromatic heterocycles. The molecule has 2 atom stereocenters. The lowest BCUT2D eigenvalue weighted by Crippen LogP contribution is -2.52. The van der Waals surface area contributed by atoms with Crippen LogP contribution >= 0.6 is 23.5 Å². The van der Waals surface area contributed by atoms with Crippen LogP contribution in [0.4, 0.5) is 0 Å². The van der Waals surface area contributed by atoms with E-state index in [9.17, 15) is 0 Å². The van der Waals surface area contributed by atoms with Gasteiger partial charge in [-0.3, -0.25) is 0 Å². The van der Waals surface area contributed by atoms with Crippen molar-refractivity contribution in [3.63, 3.8) is 0 Å². The molecule has 1 spiro atoms. The molecule has 0 N–H and O–H groups in total. The zero-order valence-electron chi connectivity index (χ0n) is 29.1. The normalized spacial score (nSPS) is 24.0. The summed E-state index contributed by atoms with van der Waals surface area (Å²) in [6, 6.07) is 0. The van der Waals surface area contributed by atoms with Gasteiger partial charge in [0.05, 0.1) is 31.8 Å². The van der Waals surface area contributed by atoms with Gasteiger partial charge >= 0.3 is 0 Å². The van der Waals surface area contributed by atoms with Gasteiger partial charge in [0.25, 0.3) is 0 Å². The van der Waals surface area contributed by atoms with Crippen molar-refractivity contribution >= 4 is 23.5 Å². The van der Waals surface area contributed by atoms with Crippen molar-refractivity contribution in [3.8, 4) is 0 Å². The number of unbranched alkanes of at least 4 members (excludes halogenated alkanes) is 18. The lowest BCUT2D eigenvalue weighted by atomic mass is 9.90. The van der Waals surface area contributed by atoms with Crippen LogP contribution in [0, 0.1) is 5.41 Å². The van der Waals surface area contributed by atoms with E-state index in [1.807, 2.05) is 0 Å². The number of thioether (sulfide) groups is 2. The molecule has 0 aliphatic carbocycles. The van der Waals surface area contributed by atoms with Crippen LogP contribution in [0.1, 0.15) is 169 Å². The molecule has 256 valence electrons. The summed E-state index contributed by atoms with van der Waals surface area (Å²) in [7, 11) is 0. The third kappa shape index (κ3) is 20.4. The Morgan fingerprint density at radius 1 is 0.465 bits per heavy atom. The quantitative estimate of drug-likeness (QED) is 0.0789. The van der Waals surface area contributed by atoms with Gasteiger partial charge in [0.2, 0.25) is 0 Å². The van der Waals surface area contributed by atoms with Crippen molar-refractivity contribution in [3.05, 3.63) is 0 Å². The van der Waals surface area contributed by atoms with E-state index >= 15 is 0 Å². The van der Waals surface area contributed by atoms with Crippen LogP contribution in [-0.2, 0) is 18.9 Å². The highest BCUT2D eigenvalue weighted by Crippen LogP contribution is 2.34. The maximum Gasteiger partial charge on any atom is 0.158 e. The molecule has 0 aromatic carbocycles. The summed E-state index contributed by atoms with van der Waals surface area (Å²) < 4.78 is 24.8. The molecule has 4 nitrogen and oxygen atoms in total.